The van der Waals surface area contributed by atoms with E-state index in [-0.39, 0.29) is 6.09 Å². The number of amides is 1. The fourth-order valence-corrected chi connectivity index (χ4v) is 2.88. The van der Waals surface area contributed by atoms with E-state index < -0.39 is 5.60 Å². The Morgan fingerprint density at radius 1 is 1.32 bits per heavy atom. The van der Waals surface area contributed by atoms with E-state index in [1.54, 1.807) is 0 Å². The molecule has 0 spiro atoms. The molecular formula is C17H23N3O2. The topological polar surface area (TPSA) is 55.3 Å². The standard InChI is InChI=1S/C17H23N3O2/c1-17(2,3)22-16(21)19-9-13-10-20(4)15-6-12-8-18-7-11(12)5-14(13)15/h5-6,10,18H,7-9H2,1-4H3,(H,19,21). The predicted molar refractivity (Wildman–Crippen MR) is 86.5 cm³/mol. The van der Waals surface area contributed by atoms with Crippen molar-refractivity contribution in [1.29, 1.82) is 0 Å². The lowest BCUT2D eigenvalue weighted by atomic mass is 10.1. The van der Waals surface area contributed by atoms with Gasteiger partial charge in [0, 0.05) is 43.8 Å². The zero-order valence-corrected chi connectivity index (χ0v) is 13.6. The molecule has 3 rings (SSSR count). The summed E-state index contributed by atoms with van der Waals surface area (Å²) in [7, 11) is 2.04. The predicted octanol–water partition coefficient (Wildman–Crippen LogP) is 2.81. The number of nitrogens with zero attached hydrogens (tertiary/aromatic N) is 1. The van der Waals surface area contributed by atoms with Crippen molar-refractivity contribution in [2.24, 2.45) is 7.05 Å². The van der Waals surface area contributed by atoms with Crippen LogP contribution in [-0.4, -0.2) is 16.3 Å². The molecular weight excluding hydrogens is 278 g/mol. The SMILES string of the molecule is Cn1cc(CNC(=O)OC(C)(C)C)c2cc3c(cc21)CNC3. The summed E-state index contributed by atoms with van der Waals surface area (Å²) in [6, 6.07) is 4.47. The summed E-state index contributed by atoms with van der Waals surface area (Å²) in [5.41, 5.74) is 4.54. The highest BCUT2D eigenvalue weighted by Gasteiger charge is 2.18. The normalized spacial score (nSPS) is 14.2. The van der Waals surface area contributed by atoms with Crippen LogP contribution in [-0.2, 0) is 31.4 Å². The highest BCUT2D eigenvalue weighted by atomic mass is 16.6. The summed E-state index contributed by atoms with van der Waals surface area (Å²) < 4.78 is 7.40. The maximum absolute atomic E-state index is 11.8. The first-order valence-electron chi connectivity index (χ1n) is 7.61. The van der Waals surface area contributed by atoms with E-state index in [2.05, 4.69) is 33.5 Å². The lowest BCUT2D eigenvalue weighted by Crippen LogP contribution is -2.32. The van der Waals surface area contributed by atoms with Gasteiger partial charge in [0.1, 0.15) is 5.60 Å². The summed E-state index contributed by atoms with van der Waals surface area (Å²) in [5.74, 6) is 0. The highest BCUT2D eigenvalue weighted by molar-refractivity contribution is 5.86. The van der Waals surface area contributed by atoms with Crippen LogP contribution in [0.1, 0.15) is 37.5 Å². The molecule has 118 valence electrons. The van der Waals surface area contributed by atoms with Gasteiger partial charge in [0.05, 0.1) is 0 Å². The van der Waals surface area contributed by atoms with Gasteiger partial charge < -0.3 is 19.9 Å². The molecule has 5 nitrogen and oxygen atoms in total. The molecule has 22 heavy (non-hydrogen) atoms. The largest absolute Gasteiger partial charge is 0.444 e. The van der Waals surface area contributed by atoms with E-state index in [1.165, 1.54) is 22.0 Å². The van der Waals surface area contributed by atoms with Crippen molar-refractivity contribution in [3.63, 3.8) is 0 Å². The summed E-state index contributed by atoms with van der Waals surface area (Å²) >= 11 is 0. The average Bonchev–Trinajstić information content (AvgIpc) is 2.97. The van der Waals surface area contributed by atoms with Gasteiger partial charge in [-0.05, 0) is 49.6 Å². The average molecular weight is 301 g/mol. The zero-order chi connectivity index (χ0) is 15.9. The fraction of sp³-hybridized carbons (Fsp3) is 0.471. The molecule has 5 heteroatoms. The molecule has 1 aliphatic heterocycles. The van der Waals surface area contributed by atoms with Gasteiger partial charge in [0.15, 0.2) is 0 Å². The van der Waals surface area contributed by atoms with Crippen LogP contribution in [0.3, 0.4) is 0 Å². The van der Waals surface area contributed by atoms with Crippen molar-refractivity contribution in [2.75, 3.05) is 0 Å². The second-order valence-corrected chi connectivity index (χ2v) is 6.86. The van der Waals surface area contributed by atoms with Gasteiger partial charge in [-0.3, -0.25) is 0 Å². The third kappa shape index (κ3) is 2.95. The molecule has 2 heterocycles. The maximum atomic E-state index is 11.8. The summed E-state index contributed by atoms with van der Waals surface area (Å²) in [4.78, 5) is 11.8. The Morgan fingerprint density at radius 3 is 2.68 bits per heavy atom. The Kier molecular flexibility index (Phi) is 3.60. The molecule has 0 unspecified atom stereocenters. The molecule has 1 aromatic carbocycles. The number of nitrogens with one attached hydrogen (secondary N) is 2. The van der Waals surface area contributed by atoms with Gasteiger partial charge in [-0.25, -0.2) is 4.79 Å². The number of ether oxygens (including phenoxy) is 1. The zero-order valence-electron chi connectivity index (χ0n) is 13.6. The number of aromatic nitrogens is 1. The van der Waals surface area contributed by atoms with Crippen molar-refractivity contribution >= 4 is 17.0 Å². The van der Waals surface area contributed by atoms with Crippen LogP contribution in [0.5, 0.6) is 0 Å². The molecule has 1 amide bonds. The van der Waals surface area contributed by atoms with E-state index in [0.29, 0.717) is 6.54 Å². The number of hydrogen-bond donors (Lipinski definition) is 2. The summed E-state index contributed by atoms with van der Waals surface area (Å²) in [6.07, 6.45) is 1.69. The Bertz CT molecular complexity index is 726. The van der Waals surface area contributed by atoms with E-state index in [1.807, 2.05) is 27.8 Å². The first-order chi connectivity index (χ1) is 10.3. The van der Waals surface area contributed by atoms with Crippen molar-refractivity contribution in [3.8, 4) is 0 Å². The number of benzene rings is 1. The molecule has 0 atom stereocenters. The molecule has 1 aromatic heterocycles. The number of alkyl carbamates (subject to hydrolysis) is 1. The van der Waals surface area contributed by atoms with Crippen molar-refractivity contribution < 1.29 is 9.53 Å². The lowest BCUT2D eigenvalue weighted by molar-refractivity contribution is 0.0524. The minimum absolute atomic E-state index is 0.382. The lowest BCUT2D eigenvalue weighted by Gasteiger charge is -2.19. The van der Waals surface area contributed by atoms with Gasteiger partial charge >= 0.3 is 6.09 Å². The van der Waals surface area contributed by atoms with E-state index in [0.717, 1.165) is 18.7 Å². The minimum Gasteiger partial charge on any atom is -0.444 e. The van der Waals surface area contributed by atoms with Crippen molar-refractivity contribution in [3.05, 3.63) is 35.0 Å². The van der Waals surface area contributed by atoms with Gasteiger partial charge in [0.25, 0.3) is 0 Å². The molecule has 0 bridgehead atoms. The molecule has 0 saturated heterocycles. The molecule has 0 aliphatic carbocycles. The number of aryl methyl sites for hydroxylation is 1. The third-order valence-electron chi connectivity index (χ3n) is 3.85. The number of fused-ring (bicyclic) bond motifs is 2. The first-order valence-corrected chi connectivity index (χ1v) is 7.61. The fourth-order valence-electron chi connectivity index (χ4n) is 2.88. The van der Waals surface area contributed by atoms with Crippen molar-refractivity contribution in [1.82, 2.24) is 15.2 Å². The molecule has 0 fully saturated rings. The summed E-state index contributed by atoms with van der Waals surface area (Å²) in [6.45, 7) is 7.90. The quantitative estimate of drug-likeness (QED) is 0.897. The monoisotopic (exact) mass is 301 g/mol. The Labute approximate surface area is 130 Å². The van der Waals surface area contributed by atoms with Crippen LogP contribution in [0.4, 0.5) is 4.79 Å². The molecule has 1 aliphatic rings. The number of hydrogen-bond acceptors (Lipinski definition) is 3. The highest BCUT2D eigenvalue weighted by Crippen LogP contribution is 2.27. The van der Waals surface area contributed by atoms with Crippen LogP contribution >= 0.6 is 0 Å². The minimum atomic E-state index is -0.477. The number of carbonyl (C=O) groups excluding carboxylic acids is 1. The number of carbonyl (C=O) groups is 1. The van der Waals surface area contributed by atoms with Crippen molar-refractivity contribution in [2.45, 2.75) is 46.0 Å². The second kappa shape index (κ2) is 5.32. The van der Waals surface area contributed by atoms with Crippen LogP contribution in [0.25, 0.3) is 10.9 Å². The molecule has 0 radical (unpaired) electrons. The van der Waals surface area contributed by atoms with E-state index >= 15 is 0 Å². The molecule has 0 saturated carbocycles. The second-order valence-electron chi connectivity index (χ2n) is 6.86. The van der Waals surface area contributed by atoms with Crippen LogP contribution in [0.2, 0.25) is 0 Å². The van der Waals surface area contributed by atoms with Gasteiger partial charge in [-0.15, -0.1) is 0 Å². The van der Waals surface area contributed by atoms with Gasteiger partial charge in [-0.1, -0.05) is 0 Å². The summed E-state index contributed by atoms with van der Waals surface area (Å²) in [5, 5.41) is 7.40. The van der Waals surface area contributed by atoms with Gasteiger partial charge in [-0.2, -0.15) is 0 Å². The number of rotatable bonds is 2. The maximum Gasteiger partial charge on any atom is 0.407 e. The van der Waals surface area contributed by atoms with E-state index in [4.69, 9.17) is 4.74 Å². The van der Waals surface area contributed by atoms with E-state index in [9.17, 15) is 4.79 Å². The smallest absolute Gasteiger partial charge is 0.407 e. The molecule has 2 N–H and O–H groups in total. The first kappa shape index (κ1) is 14.9. The van der Waals surface area contributed by atoms with Crippen LogP contribution in [0, 0.1) is 0 Å². The molecule has 2 aromatic rings. The Morgan fingerprint density at radius 2 is 2.00 bits per heavy atom. The Balaban J connectivity index is 1.81. The third-order valence-corrected chi connectivity index (χ3v) is 3.85. The van der Waals surface area contributed by atoms with Crippen LogP contribution in [0.15, 0.2) is 18.3 Å². The Hall–Kier alpha value is -2.01. The van der Waals surface area contributed by atoms with Crippen LogP contribution < -0.4 is 10.6 Å². The van der Waals surface area contributed by atoms with Gasteiger partial charge in [0.2, 0.25) is 0 Å².